The number of ketones is 1. The Hall–Kier alpha value is -2.98. The summed E-state index contributed by atoms with van der Waals surface area (Å²) in [5.41, 5.74) is 3.92. The Morgan fingerprint density at radius 1 is 0.885 bits per heavy atom. The molecule has 26 heavy (non-hydrogen) atoms. The van der Waals surface area contributed by atoms with E-state index in [1.165, 1.54) is 4.70 Å². The first kappa shape index (κ1) is 16.5. The van der Waals surface area contributed by atoms with Gasteiger partial charge in [-0.15, -0.1) is 11.3 Å². The number of Topliss-reactive ketones (excluding diaryl/α,β-unsaturated/α-hetero) is 1. The van der Waals surface area contributed by atoms with Gasteiger partial charge >= 0.3 is 0 Å². The first-order chi connectivity index (χ1) is 12.8. The van der Waals surface area contributed by atoms with E-state index in [0.29, 0.717) is 13.0 Å². The molecule has 1 heterocycles. The first-order valence-electron chi connectivity index (χ1n) is 8.58. The fourth-order valence-corrected chi connectivity index (χ4v) is 3.79. The highest BCUT2D eigenvalue weighted by molar-refractivity contribution is 7.21. The lowest BCUT2D eigenvalue weighted by molar-refractivity contribution is 0.0986. The Bertz CT molecular complexity index is 990. The monoisotopic (exact) mass is 358 g/mol. The molecular weight excluding hydrogens is 340 g/mol. The van der Waals surface area contributed by atoms with Crippen molar-refractivity contribution in [2.45, 2.75) is 6.42 Å². The molecule has 0 spiro atoms. The number of anilines is 1. The molecule has 0 fully saturated rings. The van der Waals surface area contributed by atoms with Crippen molar-refractivity contribution >= 4 is 33.0 Å². The summed E-state index contributed by atoms with van der Waals surface area (Å²) in [6, 6.07) is 25.8. The molecule has 1 N–H and O–H groups in total. The van der Waals surface area contributed by atoms with Crippen molar-refractivity contribution in [3.8, 4) is 10.6 Å². The maximum Gasteiger partial charge on any atom is 0.164 e. The molecule has 0 radical (unpaired) electrons. The van der Waals surface area contributed by atoms with Crippen LogP contribution in [0.15, 0.2) is 78.9 Å². The fraction of sp³-hybridized carbons (Fsp3) is 0.0909. The highest BCUT2D eigenvalue weighted by Crippen LogP contribution is 2.30. The van der Waals surface area contributed by atoms with Gasteiger partial charge in [-0.2, -0.15) is 0 Å². The van der Waals surface area contributed by atoms with Crippen LogP contribution < -0.4 is 5.32 Å². The van der Waals surface area contributed by atoms with Crippen LogP contribution in [0.25, 0.3) is 20.8 Å². The first-order valence-corrected chi connectivity index (χ1v) is 9.39. The van der Waals surface area contributed by atoms with Crippen LogP contribution in [0, 0.1) is 0 Å². The van der Waals surface area contributed by atoms with Gasteiger partial charge in [-0.25, -0.2) is 4.98 Å². The van der Waals surface area contributed by atoms with Crippen molar-refractivity contribution in [1.82, 2.24) is 4.98 Å². The molecule has 3 nitrogen and oxygen atoms in total. The highest BCUT2D eigenvalue weighted by atomic mass is 32.1. The lowest BCUT2D eigenvalue weighted by Gasteiger charge is -2.06. The summed E-state index contributed by atoms with van der Waals surface area (Å²) in [4.78, 5) is 16.8. The Kier molecular flexibility index (Phi) is 4.75. The smallest absolute Gasteiger partial charge is 0.164 e. The lowest BCUT2D eigenvalue weighted by atomic mass is 10.1. The van der Waals surface area contributed by atoms with Gasteiger partial charge in [-0.05, 0) is 36.4 Å². The number of benzene rings is 3. The number of nitrogens with zero attached hydrogens (tertiary/aromatic N) is 1. The molecule has 0 aliphatic carbocycles. The second kappa shape index (κ2) is 7.50. The average molecular weight is 358 g/mol. The van der Waals surface area contributed by atoms with Crippen molar-refractivity contribution in [2.75, 3.05) is 11.9 Å². The summed E-state index contributed by atoms with van der Waals surface area (Å²) < 4.78 is 1.20. The maximum absolute atomic E-state index is 12.1. The van der Waals surface area contributed by atoms with Crippen molar-refractivity contribution in [3.05, 3.63) is 84.4 Å². The number of hydrogen-bond acceptors (Lipinski definition) is 4. The van der Waals surface area contributed by atoms with E-state index >= 15 is 0 Å². The summed E-state index contributed by atoms with van der Waals surface area (Å²) in [6.07, 6.45) is 0.476. The zero-order chi connectivity index (χ0) is 17.8. The zero-order valence-electron chi connectivity index (χ0n) is 14.2. The summed E-state index contributed by atoms with van der Waals surface area (Å²) >= 11 is 1.70. The lowest BCUT2D eigenvalue weighted by Crippen LogP contribution is -2.08. The molecule has 0 aliphatic rings. The molecule has 4 aromatic rings. The Balaban J connectivity index is 1.38. The molecule has 0 aliphatic heterocycles. The third-order valence-corrected chi connectivity index (χ3v) is 5.29. The van der Waals surface area contributed by atoms with Crippen LogP contribution in [-0.4, -0.2) is 17.3 Å². The summed E-state index contributed by atoms with van der Waals surface area (Å²) in [6.45, 7) is 0.619. The molecule has 1 aromatic heterocycles. The summed E-state index contributed by atoms with van der Waals surface area (Å²) in [5.74, 6) is 0.157. The third-order valence-electron chi connectivity index (χ3n) is 4.20. The molecule has 3 aromatic carbocycles. The van der Waals surface area contributed by atoms with Crippen LogP contribution in [0.1, 0.15) is 16.8 Å². The predicted octanol–water partition coefficient (Wildman–Crippen LogP) is 5.65. The summed E-state index contributed by atoms with van der Waals surface area (Å²) in [5, 5.41) is 4.34. The number of hydrogen-bond donors (Lipinski definition) is 1. The Morgan fingerprint density at radius 2 is 1.62 bits per heavy atom. The molecule has 128 valence electrons. The third kappa shape index (κ3) is 3.65. The van der Waals surface area contributed by atoms with Crippen LogP contribution >= 0.6 is 11.3 Å². The highest BCUT2D eigenvalue weighted by Gasteiger charge is 2.07. The van der Waals surface area contributed by atoms with E-state index in [4.69, 9.17) is 0 Å². The number of nitrogens with one attached hydrogen (secondary N) is 1. The number of thiazole rings is 1. The van der Waals surface area contributed by atoms with Crippen LogP contribution in [0.3, 0.4) is 0 Å². The van der Waals surface area contributed by atoms with E-state index in [1.54, 1.807) is 11.3 Å². The second-order valence-corrected chi connectivity index (χ2v) is 7.06. The normalized spacial score (nSPS) is 10.8. The van der Waals surface area contributed by atoms with Crippen molar-refractivity contribution in [1.29, 1.82) is 0 Å². The van der Waals surface area contributed by atoms with E-state index in [-0.39, 0.29) is 5.78 Å². The van der Waals surface area contributed by atoms with Gasteiger partial charge in [-0.3, -0.25) is 4.79 Å². The minimum atomic E-state index is 0.157. The van der Waals surface area contributed by atoms with Gasteiger partial charge in [0, 0.05) is 29.8 Å². The average Bonchev–Trinajstić information content (AvgIpc) is 3.13. The second-order valence-electron chi connectivity index (χ2n) is 6.03. The van der Waals surface area contributed by atoms with E-state index in [9.17, 15) is 4.79 Å². The minimum Gasteiger partial charge on any atom is -0.385 e. The van der Waals surface area contributed by atoms with Gasteiger partial charge in [0.15, 0.2) is 5.78 Å². The molecule has 0 unspecified atom stereocenters. The number of rotatable bonds is 6. The van der Waals surface area contributed by atoms with Crippen molar-refractivity contribution in [3.63, 3.8) is 0 Å². The quantitative estimate of drug-likeness (QED) is 0.453. The molecule has 4 rings (SSSR count). The van der Waals surface area contributed by atoms with Crippen LogP contribution in [0.5, 0.6) is 0 Å². The molecule has 0 saturated carbocycles. The molecule has 0 amide bonds. The minimum absolute atomic E-state index is 0.157. The largest absolute Gasteiger partial charge is 0.385 e. The SMILES string of the molecule is O=C(CCNc1ccc(-c2nc3ccccc3s2)cc1)c1ccccc1. The predicted molar refractivity (Wildman–Crippen MR) is 109 cm³/mol. The van der Waals surface area contributed by atoms with E-state index in [1.807, 2.05) is 60.7 Å². The molecule has 0 atom stereocenters. The van der Waals surface area contributed by atoms with Crippen molar-refractivity contribution < 1.29 is 4.79 Å². The number of carbonyl (C=O) groups is 1. The summed E-state index contributed by atoms with van der Waals surface area (Å²) in [7, 11) is 0. The number of para-hydroxylation sites is 1. The van der Waals surface area contributed by atoms with Crippen molar-refractivity contribution in [2.24, 2.45) is 0 Å². The standard InChI is InChI=1S/C22H18N2OS/c25-20(16-6-2-1-3-7-16)14-15-23-18-12-10-17(11-13-18)22-24-19-8-4-5-9-21(19)26-22/h1-13,23H,14-15H2. The zero-order valence-corrected chi connectivity index (χ0v) is 15.0. The maximum atomic E-state index is 12.1. The Morgan fingerprint density at radius 3 is 2.38 bits per heavy atom. The van der Waals surface area contributed by atoms with Gasteiger partial charge in [-0.1, -0.05) is 42.5 Å². The molecule has 0 bridgehead atoms. The Labute approximate surface area is 156 Å². The van der Waals surface area contributed by atoms with E-state index in [0.717, 1.165) is 27.3 Å². The van der Waals surface area contributed by atoms with Gasteiger partial charge in [0.05, 0.1) is 10.2 Å². The molecular formula is C22H18N2OS. The number of carbonyl (C=O) groups excluding carboxylic acids is 1. The van der Waals surface area contributed by atoms with E-state index < -0.39 is 0 Å². The van der Waals surface area contributed by atoms with Crippen LogP contribution in [0.2, 0.25) is 0 Å². The van der Waals surface area contributed by atoms with Gasteiger partial charge in [0.2, 0.25) is 0 Å². The number of fused-ring (bicyclic) bond motifs is 1. The number of aromatic nitrogens is 1. The van der Waals surface area contributed by atoms with Crippen LogP contribution in [0.4, 0.5) is 5.69 Å². The van der Waals surface area contributed by atoms with E-state index in [2.05, 4.69) is 28.5 Å². The fourth-order valence-electron chi connectivity index (χ4n) is 2.82. The van der Waals surface area contributed by atoms with Gasteiger partial charge < -0.3 is 5.32 Å². The molecule has 0 saturated heterocycles. The topological polar surface area (TPSA) is 42.0 Å². The van der Waals surface area contributed by atoms with Gasteiger partial charge in [0.1, 0.15) is 5.01 Å². The van der Waals surface area contributed by atoms with Gasteiger partial charge in [0.25, 0.3) is 0 Å². The van der Waals surface area contributed by atoms with Crippen LogP contribution in [-0.2, 0) is 0 Å². The molecule has 4 heteroatoms.